The molecule has 4 nitrogen and oxygen atoms in total. The van der Waals surface area contributed by atoms with E-state index in [1.165, 1.54) is 0 Å². The molecule has 1 rings (SSSR count). The van der Waals surface area contributed by atoms with Gasteiger partial charge in [-0.2, -0.15) is 0 Å². The summed E-state index contributed by atoms with van der Waals surface area (Å²) in [4.78, 5) is 22.4. The highest BCUT2D eigenvalue weighted by molar-refractivity contribution is 5.90. The van der Waals surface area contributed by atoms with E-state index < -0.39 is 5.91 Å². The number of benzene rings is 1. The molecular formula is C12H14N2O2. The van der Waals surface area contributed by atoms with Crippen LogP contribution in [0, 0.1) is 0 Å². The van der Waals surface area contributed by atoms with Gasteiger partial charge in [0.05, 0.1) is 5.92 Å². The first-order valence-corrected chi connectivity index (χ1v) is 4.92. The van der Waals surface area contributed by atoms with Gasteiger partial charge < -0.3 is 0 Å². The number of hydrogen-bond donors (Lipinski definition) is 2. The maximum absolute atomic E-state index is 11.6. The van der Waals surface area contributed by atoms with Crippen LogP contribution in [0.15, 0.2) is 43.0 Å². The van der Waals surface area contributed by atoms with Crippen LogP contribution in [0.5, 0.6) is 0 Å². The summed E-state index contributed by atoms with van der Waals surface area (Å²) in [6.45, 7) is 5.05. The van der Waals surface area contributed by atoms with E-state index in [4.69, 9.17) is 0 Å². The van der Waals surface area contributed by atoms with Crippen LogP contribution >= 0.6 is 0 Å². The maximum Gasteiger partial charge on any atom is 0.261 e. The molecule has 0 aliphatic heterocycles. The lowest BCUT2D eigenvalue weighted by Gasteiger charge is -2.12. The number of hydrazine groups is 1. The van der Waals surface area contributed by atoms with Crippen LogP contribution in [0.25, 0.3) is 0 Å². The summed E-state index contributed by atoms with van der Waals surface area (Å²) >= 11 is 0. The van der Waals surface area contributed by atoms with Crippen molar-refractivity contribution in [2.75, 3.05) is 0 Å². The lowest BCUT2D eigenvalue weighted by molar-refractivity contribution is -0.127. The number of hydrogen-bond acceptors (Lipinski definition) is 2. The molecule has 1 unspecified atom stereocenters. The van der Waals surface area contributed by atoms with Crippen molar-refractivity contribution in [3.8, 4) is 0 Å². The Morgan fingerprint density at radius 2 is 1.88 bits per heavy atom. The molecule has 0 heterocycles. The third-order valence-corrected chi connectivity index (χ3v) is 2.19. The Morgan fingerprint density at radius 3 is 2.44 bits per heavy atom. The van der Waals surface area contributed by atoms with E-state index >= 15 is 0 Å². The minimum absolute atomic E-state index is 0.263. The Balaban J connectivity index is 2.55. The topological polar surface area (TPSA) is 58.2 Å². The first-order chi connectivity index (χ1) is 7.65. The van der Waals surface area contributed by atoms with Crippen LogP contribution in [0.3, 0.4) is 0 Å². The zero-order valence-electron chi connectivity index (χ0n) is 9.07. The van der Waals surface area contributed by atoms with Gasteiger partial charge in [0.25, 0.3) is 5.91 Å². The van der Waals surface area contributed by atoms with E-state index in [1.807, 2.05) is 30.3 Å². The average Bonchev–Trinajstić information content (AvgIpc) is 2.35. The molecule has 2 amide bonds. The highest BCUT2D eigenvalue weighted by Gasteiger charge is 2.14. The van der Waals surface area contributed by atoms with Gasteiger partial charge in [-0.05, 0) is 18.6 Å². The number of carbonyl (C=O) groups is 2. The summed E-state index contributed by atoms with van der Waals surface area (Å²) in [5.41, 5.74) is 5.44. The van der Waals surface area contributed by atoms with Crippen molar-refractivity contribution in [2.24, 2.45) is 0 Å². The highest BCUT2D eigenvalue weighted by Crippen LogP contribution is 2.13. The molecule has 0 spiro atoms. The summed E-state index contributed by atoms with van der Waals surface area (Å²) in [5.74, 6) is -1.01. The van der Waals surface area contributed by atoms with Crippen LogP contribution < -0.4 is 10.9 Å². The number of amides is 2. The van der Waals surface area contributed by atoms with Crippen molar-refractivity contribution < 1.29 is 9.59 Å². The largest absolute Gasteiger partial charge is 0.273 e. The minimum atomic E-state index is -0.436. The first kappa shape index (κ1) is 12.0. The first-order valence-electron chi connectivity index (χ1n) is 4.92. The Morgan fingerprint density at radius 1 is 1.25 bits per heavy atom. The van der Waals surface area contributed by atoms with Gasteiger partial charge in [-0.15, -0.1) is 0 Å². The molecule has 4 heteroatoms. The van der Waals surface area contributed by atoms with E-state index in [9.17, 15) is 9.59 Å². The molecular weight excluding hydrogens is 204 g/mol. The number of rotatable bonds is 3. The lowest BCUT2D eigenvalue weighted by atomic mass is 10.0. The molecule has 1 aromatic carbocycles. The molecule has 0 aliphatic rings. The van der Waals surface area contributed by atoms with Crippen molar-refractivity contribution >= 4 is 11.8 Å². The summed E-state index contributed by atoms with van der Waals surface area (Å²) in [5, 5.41) is 0. The molecule has 0 aromatic heterocycles. The second kappa shape index (κ2) is 5.70. The van der Waals surface area contributed by atoms with E-state index in [2.05, 4.69) is 17.4 Å². The Hall–Kier alpha value is -2.10. The molecule has 1 aromatic rings. The molecule has 84 valence electrons. The fraction of sp³-hybridized carbons (Fsp3) is 0.167. The van der Waals surface area contributed by atoms with Gasteiger partial charge in [0.2, 0.25) is 5.91 Å². The standard InChI is InChI=1S/C12H14N2O2/c1-3-11(15)13-14-12(16)9(2)10-7-5-4-6-8-10/h3-9H,1H2,2H3,(H,13,15)(H,14,16). The maximum atomic E-state index is 11.6. The van der Waals surface area contributed by atoms with Crippen molar-refractivity contribution in [1.29, 1.82) is 0 Å². The van der Waals surface area contributed by atoms with Crippen LogP contribution in [-0.2, 0) is 9.59 Å². The molecule has 1 atom stereocenters. The van der Waals surface area contributed by atoms with Gasteiger partial charge in [-0.3, -0.25) is 20.4 Å². The Labute approximate surface area is 94.3 Å². The molecule has 0 bridgehead atoms. The fourth-order valence-electron chi connectivity index (χ4n) is 1.18. The van der Waals surface area contributed by atoms with Crippen LogP contribution in [0.4, 0.5) is 0 Å². The lowest BCUT2D eigenvalue weighted by Crippen LogP contribution is -2.42. The molecule has 0 aliphatic carbocycles. The van der Waals surface area contributed by atoms with Gasteiger partial charge in [0.1, 0.15) is 0 Å². The van der Waals surface area contributed by atoms with Crippen molar-refractivity contribution in [1.82, 2.24) is 10.9 Å². The molecule has 2 N–H and O–H groups in total. The van der Waals surface area contributed by atoms with Crippen LogP contribution in [-0.4, -0.2) is 11.8 Å². The molecule has 0 fully saturated rings. The molecule has 0 saturated heterocycles. The SMILES string of the molecule is C=CC(=O)NNC(=O)C(C)c1ccccc1. The molecule has 0 saturated carbocycles. The van der Waals surface area contributed by atoms with Crippen LogP contribution in [0.2, 0.25) is 0 Å². The van der Waals surface area contributed by atoms with Gasteiger partial charge in [-0.1, -0.05) is 36.9 Å². The zero-order valence-corrected chi connectivity index (χ0v) is 9.07. The third-order valence-electron chi connectivity index (χ3n) is 2.19. The van der Waals surface area contributed by atoms with E-state index in [1.54, 1.807) is 6.92 Å². The summed E-state index contributed by atoms with van der Waals surface area (Å²) in [7, 11) is 0. The second-order valence-electron chi connectivity index (χ2n) is 3.31. The van der Waals surface area contributed by atoms with Gasteiger partial charge in [0, 0.05) is 0 Å². The van der Waals surface area contributed by atoms with Crippen molar-refractivity contribution in [2.45, 2.75) is 12.8 Å². The quantitative estimate of drug-likeness (QED) is 0.590. The second-order valence-corrected chi connectivity index (χ2v) is 3.31. The Kier molecular flexibility index (Phi) is 4.27. The number of carbonyl (C=O) groups excluding carboxylic acids is 2. The normalized spacial score (nSPS) is 11.3. The van der Waals surface area contributed by atoms with Crippen molar-refractivity contribution in [3.63, 3.8) is 0 Å². The van der Waals surface area contributed by atoms with Gasteiger partial charge in [0.15, 0.2) is 0 Å². The minimum Gasteiger partial charge on any atom is -0.273 e. The summed E-state index contributed by atoms with van der Waals surface area (Å²) in [6, 6.07) is 9.33. The van der Waals surface area contributed by atoms with E-state index in [0.717, 1.165) is 11.6 Å². The smallest absolute Gasteiger partial charge is 0.261 e. The number of nitrogens with one attached hydrogen (secondary N) is 2. The van der Waals surface area contributed by atoms with Crippen molar-refractivity contribution in [3.05, 3.63) is 48.6 Å². The van der Waals surface area contributed by atoms with E-state index in [0.29, 0.717) is 0 Å². The summed E-state index contributed by atoms with van der Waals surface area (Å²) < 4.78 is 0. The molecule has 0 radical (unpaired) electrons. The highest BCUT2D eigenvalue weighted by atomic mass is 16.2. The molecule has 16 heavy (non-hydrogen) atoms. The predicted octanol–water partition coefficient (Wildman–Crippen LogP) is 1.12. The van der Waals surface area contributed by atoms with Gasteiger partial charge >= 0.3 is 0 Å². The fourth-order valence-corrected chi connectivity index (χ4v) is 1.18. The predicted molar refractivity (Wildman–Crippen MR) is 61.3 cm³/mol. The average molecular weight is 218 g/mol. The summed E-state index contributed by atoms with van der Waals surface area (Å²) in [6.07, 6.45) is 1.09. The van der Waals surface area contributed by atoms with Gasteiger partial charge in [-0.25, -0.2) is 0 Å². The van der Waals surface area contributed by atoms with Crippen LogP contribution in [0.1, 0.15) is 18.4 Å². The third kappa shape index (κ3) is 3.24. The Bertz CT molecular complexity index is 387. The zero-order chi connectivity index (χ0) is 12.0. The van der Waals surface area contributed by atoms with E-state index in [-0.39, 0.29) is 11.8 Å². The monoisotopic (exact) mass is 218 g/mol.